The van der Waals surface area contributed by atoms with Crippen molar-refractivity contribution in [1.82, 2.24) is 10.2 Å². The molecule has 0 aliphatic carbocycles. The quantitative estimate of drug-likeness (QED) is 0.843. The van der Waals surface area contributed by atoms with Crippen LogP contribution in [0.5, 0.6) is 0 Å². The molecule has 1 fully saturated rings. The minimum atomic E-state index is 0.624. The first-order valence-electron chi connectivity index (χ1n) is 7.73. The van der Waals surface area contributed by atoms with Crippen molar-refractivity contribution < 1.29 is 0 Å². The van der Waals surface area contributed by atoms with Gasteiger partial charge in [-0.2, -0.15) is 0 Å². The van der Waals surface area contributed by atoms with Crippen molar-refractivity contribution in [3.8, 4) is 0 Å². The maximum atomic E-state index is 3.59. The predicted octanol–water partition coefficient (Wildman–Crippen LogP) is 3.38. The first-order valence-corrected chi connectivity index (χ1v) is 7.73. The summed E-state index contributed by atoms with van der Waals surface area (Å²) in [6.07, 6.45) is 2.67. The molecule has 2 nitrogen and oxygen atoms in total. The zero-order valence-electron chi connectivity index (χ0n) is 12.7. The average molecular weight is 260 g/mol. The summed E-state index contributed by atoms with van der Waals surface area (Å²) in [4.78, 5) is 2.55. The third-order valence-electron chi connectivity index (χ3n) is 4.14. The molecule has 106 valence electrons. The molecule has 1 aliphatic heterocycles. The van der Waals surface area contributed by atoms with Crippen molar-refractivity contribution in [2.75, 3.05) is 19.6 Å². The van der Waals surface area contributed by atoms with E-state index in [1.165, 1.54) is 37.1 Å². The summed E-state index contributed by atoms with van der Waals surface area (Å²) in [6, 6.07) is 9.85. The molecule has 1 aromatic rings. The molecule has 0 aromatic heterocycles. The largest absolute Gasteiger partial charge is 0.313 e. The molecule has 1 heterocycles. The molecule has 1 aliphatic rings. The smallest absolute Gasteiger partial charge is 0.0234 e. The van der Waals surface area contributed by atoms with Crippen LogP contribution in [0.2, 0.25) is 0 Å². The normalized spacial score (nSPS) is 19.5. The zero-order chi connectivity index (χ0) is 13.7. The van der Waals surface area contributed by atoms with Crippen LogP contribution in [0.3, 0.4) is 0 Å². The molecule has 0 spiro atoms. The molecule has 0 bridgehead atoms. The minimum Gasteiger partial charge on any atom is -0.313 e. The number of rotatable bonds is 6. The molecular weight excluding hydrogens is 232 g/mol. The monoisotopic (exact) mass is 260 g/mol. The molecule has 1 N–H and O–H groups in total. The van der Waals surface area contributed by atoms with Crippen LogP contribution in [0.15, 0.2) is 24.3 Å². The van der Waals surface area contributed by atoms with Crippen molar-refractivity contribution in [1.29, 1.82) is 0 Å². The van der Waals surface area contributed by atoms with Gasteiger partial charge in [-0.1, -0.05) is 45.0 Å². The average Bonchev–Trinajstić information content (AvgIpc) is 2.91. The molecule has 0 amide bonds. The molecule has 2 heteroatoms. The Kier molecular flexibility index (Phi) is 5.41. The van der Waals surface area contributed by atoms with E-state index in [0.717, 1.165) is 13.1 Å². The third kappa shape index (κ3) is 4.32. The zero-order valence-corrected chi connectivity index (χ0v) is 12.7. The van der Waals surface area contributed by atoms with Crippen LogP contribution in [0.25, 0.3) is 0 Å². The Hall–Kier alpha value is -0.860. The summed E-state index contributed by atoms with van der Waals surface area (Å²) in [5.74, 6) is 0.624. The van der Waals surface area contributed by atoms with Crippen LogP contribution in [-0.4, -0.2) is 30.6 Å². The summed E-state index contributed by atoms with van der Waals surface area (Å²) in [5, 5.41) is 3.59. The molecule has 19 heavy (non-hydrogen) atoms. The second kappa shape index (κ2) is 7.06. The van der Waals surface area contributed by atoms with Crippen LogP contribution < -0.4 is 5.32 Å². The van der Waals surface area contributed by atoms with Crippen molar-refractivity contribution in [3.63, 3.8) is 0 Å². The topological polar surface area (TPSA) is 15.3 Å². The number of hydrogen-bond acceptors (Lipinski definition) is 2. The van der Waals surface area contributed by atoms with Gasteiger partial charge in [0.25, 0.3) is 0 Å². The highest BCUT2D eigenvalue weighted by Crippen LogP contribution is 2.16. The number of benzene rings is 1. The first-order chi connectivity index (χ1) is 9.19. The summed E-state index contributed by atoms with van der Waals surface area (Å²) in [7, 11) is 0. The second-order valence-corrected chi connectivity index (χ2v) is 6.02. The lowest BCUT2D eigenvalue weighted by molar-refractivity contribution is 0.253. The highest BCUT2D eigenvalue weighted by atomic mass is 15.1. The third-order valence-corrected chi connectivity index (χ3v) is 4.14. The van der Waals surface area contributed by atoms with E-state index in [0.29, 0.717) is 12.0 Å². The van der Waals surface area contributed by atoms with Gasteiger partial charge < -0.3 is 5.32 Å². The second-order valence-electron chi connectivity index (χ2n) is 6.02. The molecule has 1 aromatic carbocycles. The molecule has 2 rings (SSSR count). The van der Waals surface area contributed by atoms with Crippen molar-refractivity contribution in [2.45, 2.75) is 52.1 Å². The minimum absolute atomic E-state index is 0.624. The SMILES string of the molecule is CCN(Cc1ccc(C(C)C)cc1)CC1CCCN1. The van der Waals surface area contributed by atoms with Gasteiger partial charge >= 0.3 is 0 Å². The fourth-order valence-electron chi connectivity index (χ4n) is 2.80. The van der Waals surface area contributed by atoms with E-state index < -0.39 is 0 Å². The maximum Gasteiger partial charge on any atom is 0.0234 e. The van der Waals surface area contributed by atoms with Crippen molar-refractivity contribution in [2.24, 2.45) is 0 Å². The Morgan fingerprint density at radius 2 is 2.00 bits per heavy atom. The molecule has 0 radical (unpaired) electrons. The predicted molar refractivity (Wildman–Crippen MR) is 82.5 cm³/mol. The lowest BCUT2D eigenvalue weighted by Gasteiger charge is -2.24. The Morgan fingerprint density at radius 3 is 2.53 bits per heavy atom. The summed E-state index contributed by atoms with van der Waals surface area (Å²) in [6.45, 7) is 11.3. The lowest BCUT2D eigenvalue weighted by atomic mass is 10.0. The van der Waals surface area contributed by atoms with Gasteiger partial charge in [0, 0.05) is 19.1 Å². The van der Waals surface area contributed by atoms with E-state index in [-0.39, 0.29) is 0 Å². The van der Waals surface area contributed by atoms with Crippen LogP contribution in [0.4, 0.5) is 0 Å². The molecular formula is C17H28N2. The van der Waals surface area contributed by atoms with Gasteiger partial charge in [0.05, 0.1) is 0 Å². The maximum absolute atomic E-state index is 3.59. The van der Waals surface area contributed by atoms with E-state index in [9.17, 15) is 0 Å². The van der Waals surface area contributed by atoms with Crippen LogP contribution in [-0.2, 0) is 6.54 Å². The van der Waals surface area contributed by atoms with Crippen molar-refractivity contribution in [3.05, 3.63) is 35.4 Å². The van der Waals surface area contributed by atoms with Gasteiger partial charge in [0.2, 0.25) is 0 Å². The Morgan fingerprint density at radius 1 is 1.26 bits per heavy atom. The van der Waals surface area contributed by atoms with Gasteiger partial charge in [-0.3, -0.25) is 4.90 Å². The van der Waals surface area contributed by atoms with E-state index >= 15 is 0 Å². The molecule has 1 unspecified atom stereocenters. The summed E-state index contributed by atoms with van der Waals surface area (Å²) < 4.78 is 0. The lowest BCUT2D eigenvalue weighted by Crippen LogP contribution is -2.37. The Labute approximate surface area is 118 Å². The summed E-state index contributed by atoms with van der Waals surface area (Å²) in [5.41, 5.74) is 2.87. The van der Waals surface area contributed by atoms with Crippen LogP contribution in [0, 0.1) is 0 Å². The van der Waals surface area contributed by atoms with Gasteiger partial charge in [0.15, 0.2) is 0 Å². The van der Waals surface area contributed by atoms with E-state index in [4.69, 9.17) is 0 Å². The molecule has 0 saturated carbocycles. The highest BCUT2D eigenvalue weighted by molar-refractivity contribution is 5.24. The number of nitrogens with zero attached hydrogens (tertiary/aromatic N) is 1. The van der Waals surface area contributed by atoms with Gasteiger partial charge in [0.1, 0.15) is 0 Å². The van der Waals surface area contributed by atoms with Crippen LogP contribution in [0.1, 0.15) is 50.7 Å². The fraction of sp³-hybridized carbons (Fsp3) is 0.647. The van der Waals surface area contributed by atoms with E-state index in [2.05, 4.69) is 55.3 Å². The Balaban J connectivity index is 1.89. The van der Waals surface area contributed by atoms with E-state index in [1.807, 2.05) is 0 Å². The number of nitrogens with one attached hydrogen (secondary N) is 1. The Bertz CT molecular complexity index is 363. The molecule has 1 saturated heterocycles. The highest BCUT2D eigenvalue weighted by Gasteiger charge is 2.17. The van der Waals surface area contributed by atoms with Gasteiger partial charge in [-0.15, -0.1) is 0 Å². The van der Waals surface area contributed by atoms with Crippen molar-refractivity contribution >= 4 is 0 Å². The molecule has 1 atom stereocenters. The summed E-state index contributed by atoms with van der Waals surface area (Å²) >= 11 is 0. The van der Waals surface area contributed by atoms with Gasteiger partial charge in [-0.05, 0) is 43.0 Å². The van der Waals surface area contributed by atoms with E-state index in [1.54, 1.807) is 0 Å². The van der Waals surface area contributed by atoms with Gasteiger partial charge in [-0.25, -0.2) is 0 Å². The standard InChI is InChI=1S/C17H28N2/c1-4-19(13-17-6-5-11-18-17)12-15-7-9-16(10-8-15)14(2)3/h7-10,14,17-18H,4-6,11-13H2,1-3H3. The first kappa shape index (κ1) is 14.5. The fourth-order valence-corrected chi connectivity index (χ4v) is 2.80. The number of hydrogen-bond donors (Lipinski definition) is 1. The number of likely N-dealkylation sites (N-methyl/N-ethyl adjacent to an activating group) is 1. The van der Waals surface area contributed by atoms with Crippen LogP contribution >= 0.6 is 0 Å².